The third-order valence-corrected chi connectivity index (χ3v) is 9.66. The van der Waals surface area contributed by atoms with E-state index >= 15 is 0 Å². The van der Waals surface area contributed by atoms with Gasteiger partial charge in [0.25, 0.3) is 0 Å². The van der Waals surface area contributed by atoms with Crippen molar-refractivity contribution in [2.75, 3.05) is 19.7 Å². The number of ether oxygens (including phenoxy) is 3. The van der Waals surface area contributed by atoms with Gasteiger partial charge in [0.05, 0.1) is 18.3 Å². The molecule has 13 heteroatoms. The molecular weight excluding hydrogens is 662 g/mol. The number of benzene rings is 3. The Morgan fingerprint density at radius 1 is 0.941 bits per heavy atom. The summed E-state index contributed by atoms with van der Waals surface area (Å²) in [6.07, 6.45) is -2.48. The van der Waals surface area contributed by atoms with Crippen LogP contribution >= 0.6 is 0 Å². The van der Waals surface area contributed by atoms with Crippen molar-refractivity contribution in [3.8, 4) is 17.2 Å². The minimum absolute atomic E-state index is 0.00995. The van der Waals surface area contributed by atoms with Crippen LogP contribution < -0.4 is 14.8 Å². The Morgan fingerprint density at radius 3 is 2.37 bits per heavy atom. The maximum Gasteiger partial charge on any atom is 0.308 e. The number of nitrogens with one attached hydrogen (secondary N) is 1. The van der Waals surface area contributed by atoms with E-state index in [1.807, 2.05) is 12.1 Å². The van der Waals surface area contributed by atoms with E-state index in [4.69, 9.17) is 14.2 Å². The van der Waals surface area contributed by atoms with Gasteiger partial charge in [-0.05, 0) is 80.1 Å². The van der Waals surface area contributed by atoms with Gasteiger partial charge in [0.1, 0.15) is 35.6 Å². The monoisotopic (exact) mass is 703 g/mol. The smallest absolute Gasteiger partial charge is 0.308 e. The molecule has 1 aliphatic carbocycles. The first-order chi connectivity index (χ1) is 24.4. The van der Waals surface area contributed by atoms with Crippen LogP contribution in [0, 0.1) is 0 Å². The molecule has 0 radical (unpaired) electrons. The summed E-state index contributed by atoms with van der Waals surface area (Å²) in [6, 6.07) is 9.89. The number of piperidine rings is 1. The number of hydrogen-bond donors (Lipinski definition) is 7. The molecule has 2 fully saturated rings. The van der Waals surface area contributed by atoms with Crippen LogP contribution in [-0.4, -0.2) is 98.6 Å². The highest BCUT2D eigenvalue weighted by Crippen LogP contribution is 2.48. The SMILES string of the molecule is CC(=O)Oc1cc(CO)c2c(c1/C=C/c1cccc(CCO)c1)C(=O)c1cc(O[C@H]3O[C@@H](C)[C@@H](O)[C@@H](O)[C@H]3O)c(C3CCNCC3)c(O)c1C2=O. The number of phenolic OH excluding ortho intramolecular Hbond substituents is 1. The summed E-state index contributed by atoms with van der Waals surface area (Å²) in [4.78, 5) is 41.4. The van der Waals surface area contributed by atoms with E-state index in [0.717, 1.165) is 5.56 Å². The lowest BCUT2D eigenvalue weighted by molar-refractivity contribution is -0.268. The van der Waals surface area contributed by atoms with E-state index in [2.05, 4.69) is 5.32 Å². The molecule has 5 atom stereocenters. The molecule has 3 aromatic rings. The standard InChI is InChI=1S/C38H41NO12/c1-18-32(43)36(47)37(48)38(49-18)51-27-16-25-31(34(45)28(27)22-8-11-39-12-9-22)35(46)29-23(17-41)15-26(50-19(2)42)24(30(29)33(25)44)7-6-20-4-3-5-21(14-20)10-13-40/h3-7,14-16,18,22,32,36-41,43,45,47-48H,8-13,17H2,1-2H3/b7-6+/t18-,32+,36+,37+,38+/m0/s1. The molecule has 51 heavy (non-hydrogen) atoms. The number of fused-ring (bicyclic) bond motifs is 2. The highest BCUT2D eigenvalue weighted by Gasteiger charge is 2.45. The lowest BCUT2D eigenvalue weighted by Gasteiger charge is -2.39. The summed E-state index contributed by atoms with van der Waals surface area (Å²) >= 11 is 0. The Kier molecular flexibility index (Phi) is 10.7. The summed E-state index contributed by atoms with van der Waals surface area (Å²) in [5, 5.41) is 66.5. The quantitative estimate of drug-likeness (QED) is 0.0756. The Labute approximate surface area is 293 Å². The molecule has 2 heterocycles. The molecule has 270 valence electrons. The second kappa shape index (κ2) is 15.0. The van der Waals surface area contributed by atoms with Crippen molar-refractivity contribution in [1.29, 1.82) is 0 Å². The van der Waals surface area contributed by atoms with Gasteiger partial charge in [0.15, 0.2) is 11.6 Å². The fourth-order valence-electron chi connectivity index (χ4n) is 7.08. The number of carbonyl (C=O) groups excluding carboxylic acids is 3. The zero-order valence-corrected chi connectivity index (χ0v) is 28.2. The number of aliphatic hydroxyl groups excluding tert-OH is 5. The number of aromatic hydroxyl groups is 1. The molecule has 3 aromatic carbocycles. The van der Waals surface area contributed by atoms with Crippen molar-refractivity contribution in [1.82, 2.24) is 5.32 Å². The molecule has 13 nitrogen and oxygen atoms in total. The van der Waals surface area contributed by atoms with Crippen molar-refractivity contribution in [2.24, 2.45) is 0 Å². The van der Waals surface area contributed by atoms with E-state index < -0.39 is 60.6 Å². The van der Waals surface area contributed by atoms with Crippen molar-refractivity contribution in [3.05, 3.63) is 86.5 Å². The first-order valence-electron chi connectivity index (χ1n) is 16.9. The predicted octanol–water partition coefficient (Wildman–Crippen LogP) is 1.96. The number of aliphatic hydroxyl groups is 5. The van der Waals surface area contributed by atoms with Crippen molar-refractivity contribution in [3.63, 3.8) is 0 Å². The molecule has 0 amide bonds. The average molecular weight is 704 g/mol. The minimum Gasteiger partial charge on any atom is -0.507 e. The predicted molar refractivity (Wildman–Crippen MR) is 183 cm³/mol. The minimum atomic E-state index is -1.70. The van der Waals surface area contributed by atoms with E-state index in [0.29, 0.717) is 37.9 Å². The highest BCUT2D eigenvalue weighted by atomic mass is 16.7. The normalized spacial score (nSPS) is 23.6. The third-order valence-electron chi connectivity index (χ3n) is 9.66. The number of phenols is 1. The first-order valence-corrected chi connectivity index (χ1v) is 16.9. The Morgan fingerprint density at radius 2 is 1.69 bits per heavy atom. The van der Waals surface area contributed by atoms with Crippen LogP contribution in [0.25, 0.3) is 12.2 Å². The zero-order valence-electron chi connectivity index (χ0n) is 28.2. The fourth-order valence-corrected chi connectivity index (χ4v) is 7.08. The molecule has 0 bridgehead atoms. The molecule has 0 unspecified atom stereocenters. The van der Waals surface area contributed by atoms with Crippen molar-refractivity contribution >= 4 is 29.7 Å². The molecular formula is C38H41NO12. The number of esters is 1. The Bertz CT molecular complexity index is 1880. The summed E-state index contributed by atoms with van der Waals surface area (Å²) in [5.74, 6) is -3.15. The van der Waals surface area contributed by atoms with Gasteiger partial charge < -0.3 is 50.2 Å². The Hall–Kier alpha value is -4.47. The van der Waals surface area contributed by atoms with Gasteiger partial charge >= 0.3 is 5.97 Å². The molecule has 3 aliphatic rings. The topological polar surface area (TPSA) is 212 Å². The summed E-state index contributed by atoms with van der Waals surface area (Å²) in [7, 11) is 0. The van der Waals surface area contributed by atoms with Gasteiger partial charge in [-0.3, -0.25) is 14.4 Å². The van der Waals surface area contributed by atoms with Gasteiger partial charge in [-0.1, -0.05) is 30.3 Å². The summed E-state index contributed by atoms with van der Waals surface area (Å²) in [5.41, 5.74) is 1.01. The Balaban J connectivity index is 1.54. The molecule has 0 saturated carbocycles. The molecule has 2 saturated heterocycles. The van der Waals surface area contributed by atoms with E-state index in [1.54, 1.807) is 18.2 Å². The van der Waals surface area contributed by atoms with Gasteiger partial charge in [-0.25, -0.2) is 0 Å². The van der Waals surface area contributed by atoms with Crippen LogP contribution in [0.1, 0.15) is 92.3 Å². The van der Waals surface area contributed by atoms with Crippen molar-refractivity contribution in [2.45, 2.75) is 76.3 Å². The van der Waals surface area contributed by atoms with Gasteiger partial charge in [-0.15, -0.1) is 0 Å². The first kappa shape index (κ1) is 36.3. The van der Waals surface area contributed by atoms with Gasteiger partial charge in [-0.2, -0.15) is 0 Å². The van der Waals surface area contributed by atoms with Crippen LogP contribution in [0.3, 0.4) is 0 Å². The lowest BCUT2D eigenvalue weighted by Crippen LogP contribution is -2.58. The van der Waals surface area contributed by atoms with Crippen LogP contribution in [0.15, 0.2) is 36.4 Å². The molecule has 0 spiro atoms. The van der Waals surface area contributed by atoms with E-state index in [-0.39, 0.29) is 63.0 Å². The lowest BCUT2D eigenvalue weighted by atomic mass is 9.76. The number of carbonyl (C=O) groups is 3. The largest absolute Gasteiger partial charge is 0.507 e. The summed E-state index contributed by atoms with van der Waals surface area (Å²) < 4.78 is 17.3. The molecule has 6 rings (SSSR count). The maximum atomic E-state index is 14.7. The second-order valence-corrected chi connectivity index (χ2v) is 13.0. The van der Waals surface area contributed by atoms with Crippen LogP contribution in [0.4, 0.5) is 0 Å². The molecule has 0 aromatic heterocycles. The van der Waals surface area contributed by atoms with Gasteiger partial charge in [0.2, 0.25) is 6.29 Å². The number of rotatable bonds is 9. The van der Waals surface area contributed by atoms with E-state index in [1.165, 1.54) is 32.1 Å². The van der Waals surface area contributed by atoms with Gasteiger partial charge in [0, 0.05) is 41.3 Å². The van der Waals surface area contributed by atoms with Crippen LogP contribution in [0.2, 0.25) is 0 Å². The van der Waals surface area contributed by atoms with Crippen molar-refractivity contribution < 1.29 is 59.2 Å². The number of hydrogen-bond acceptors (Lipinski definition) is 13. The maximum absolute atomic E-state index is 14.7. The van der Waals surface area contributed by atoms with E-state index in [9.17, 15) is 45.0 Å². The molecule has 2 aliphatic heterocycles. The second-order valence-electron chi connectivity index (χ2n) is 13.0. The average Bonchev–Trinajstić information content (AvgIpc) is 3.11. The van der Waals surface area contributed by atoms with Crippen LogP contribution in [-0.2, 0) is 22.6 Å². The fraction of sp³-hybridized carbons (Fsp3) is 0.395. The third kappa shape index (κ3) is 6.94. The van der Waals surface area contributed by atoms with Crippen LogP contribution in [0.5, 0.6) is 17.2 Å². The molecule has 7 N–H and O–H groups in total. The number of ketones is 2. The zero-order chi connectivity index (χ0) is 36.6. The summed E-state index contributed by atoms with van der Waals surface area (Å²) in [6.45, 7) is 3.10. The highest BCUT2D eigenvalue weighted by molar-refractivity contribution is 6.31.